The van der Waals surface area contributed by atoms with Gasteiger partial charge in [-0.2, -0.15) is 0 Å². The van der Waals surface area contributed by atoms with E-state index in [0.717, 1.165) is 42.7 Å². The Morgan fingerprint density at radius 1 is 1.00 bits per heavy atom. The minimum absolute atomic E-state index is 0.0973. The predicted molar refractivity (Wildman–Crippen MR) is 164 cm³/mol. The standard InChI is InChI=1S/C32H41N5O4S/c1-23(2)21-27(28(39)30-34-35-31(41-30)42-20-19-36(3)4)37(22-38)32(17-9-6-10-18-32)33-29(40)26-15-13-25(14-16-26)24-11-7-5-8-12-24/h5,7-8,11-16,22-23,27H,6,9-10,17-21H2,1-4H3,(H,33,40). The van der Waals surface area contributed by atoms with Gasteiger partial charge in [0, 0.05) is 17.9 Å². The van der Waals surface area contributed by atoms with E-state index < -0.39 is 17.5 Å². The number of Topliss-reactive ketones (excluding diaryl/α,β-unsaturated/α-hetero) is 1. The fourth-order valence-electron chi connectivity index (χ4n) is 5.40. The molecule has 224 valence electrons. The van der Waals surface area contributed by atoms with Crippen LogP contribution in [-0.2, 0) is 4.79 Å². The van der Waals surface area contributed by atoms with Crippen molar-refractivity contribution >= 4 is 29.9 Å². The molecule has 0 radical (unpaired) electrons. The molecule has 1 N–H and O–H groups in total. The van der Waals surface area contributed by atoms with E-state index in [0.29, 0.717) is 36.5 Å². The molecule has 1 saturated carbocycles. The molecule has 2 amide bonds. The molecule has 1 aliphatic rings. The zero-order valence-corrected chi connectivity index (χ0v) is 25.7. The number of aromatic nitrogens is 2. The van der Waals surface area contributed by atoms with Gasteiger partial charge in [-0.15, -0.1) is 10.2 Å². The lowest BCUT2D eigenvalue weighted by Gasteiger charge is -2.48. The normalized spacial score (nSPS) is 15.4. The Morgan fingerprint density at radius 2 is 1.67 bits per heavy atom. The fourth-order valence-corrected chi connectivity index (χ4v) is 6.27. The summed E-state index contributed by atoms with van der Waals surface area (Å²) < 4.78 is 5.75. The molecular weight excluding hydrogens is 550 g/mol. The summed E-state index contributed by atoms with van der Waals surface area (Å²) in [6, 6.07) is 16.5. The maximum Gasteiger partial charge on any atom is 0.286 e. The molecule has 0 saturated heterocycles. The summed E-state index contributed by atoms with van der Waals surface area (Å²) in [5.41, 5.74) is 1.56. The Bertz CT molecular complexity index is 1320. The first-order valence-electron chi connectivity index (χ1n) is 14.6. The number of hydrogen-bond acceptors (Lipinski definition) is 8. The summed E-state index contributed by atoms with van der Waals surface area (Å²) in [6.45, 7) is 4.82. The molecule has 42 heavy (non-hydrogen) atoms. The van der Waals surface area contributed by atoms with E-state index in [4.69, 9.17) is 4.42 Å². The molecule has 1 atom stereocenters. The van der Waals surface area contributed by atoms with E-state index in [-0.39, 0.29) is 17.7 Å². The zero-order valence-electron chi connectivity index (χ0n) is 24.9. The van der Waals surface area contributed by atoms with E-state index in [1.807, 2.05) is 75.3 Å². The molecule has 0 bridgehead atoms. The smallest absolute Gasteiger partial charge is 0.286 e. The molecule has 3 aromatic rings. The van der Waals surface area contributed by atoms with Crippen LogP contribution in [0.4, 0.5) is 0 Å². The van der Waals surface area contributed by atoms with Crippen LogP contribution in [0.25, 0.3) is 11.1 Å². The average molecular weight is 592 g/mol. The highest BCUT2D eigenvalue weighted by atomic mass is 32.2. The zero-order chi connectivity index (χ0) is 30.1. The lowest BCUT2D eigenvalue weighted by atomic mass is 9.84. The lowest BCUT2D eigenvalue weighted by molar-refractivity contribution is -0.129. The summed E-state index contributed by atoms with van der Waals surface area (Å²) in [5.74, 6) is 0.0274. The van der Waals surface area contributed by atoms with Crippen molar-refractivity contribution in [3.63, 3.8) is 0 Å². The van der Waals surface area contributed by atoms with Crippen molar-refractivity contribution in [2.24, 2.45) is 5.92 Å². The van der Waals surface area contributed by atoms with Gasteiger partial charge in [-0.05, 0) is 75.4 Å². The van der Waals surface area contributed by atoms with Gasteiger partial charge in [-0.3, -0.25) is 14.4 Å². The summed E-state index contributed by atoms with van der Waals surface area (Å²) in [4.78, 5) is 43.9. The topological polar surface area (TPSA) is 109 Å². The monoisotopic (exact) mass is 591 g/mol. The Labute approximate surface area is 252 Å². The second-order valence-electron chi connectivity index (χ2n) is 11.5. The minimum Gasteiger partial charge on any atom is -0.408 e. The Kier molecular flexibility index (Phi) is 10.9. The molecule has 1 heterocycles. The van der Waals surface area contributed by atoms with Crippen LogP contribution in [0.1, 0.15) is 73.4 Å². The van der Waals surface area contributed by atoms with Crippen molar-refractivity contribution in [1.82, 2.24) is 25.3 Å². The van der Waals surface area contributed by atoms with Crippen LogP contribution >= 0.6 is 11.8 Å². The third-order valence-corrected chi connectivity index (χ3v) is 8.40. The quantitative estimate of drug-likeness (QED) is 0.113. The van der Waals surface area contributed by atoms with Crippen molar-refractivity contribution in [1.29, 1.82) is 0 Å². The van der Waals surface area contributed by atoms with Gasteiger partial charge in [0.05, 0.1) is 0 Å². The molecule has 1 aromatic heterocycles. The van der Waals surface area contributed by atoms with Gasteiger partial charge in [0.2, 0.25) is 12.2 Å². The van der Waals surface area contributed by atoms with Crippen molar-refractivity contribution in [3.05, 3.63) is 66.1 Å². The van der Waals surface area contributed by atoms with Crippen LogP contribution in [-0.4, -0.2) is 76.2 Å². The summed E-state index contributed by atoms with van der Waals surface area (Å²) in [6.07, 6.45) is 4.86. The van der Waals surface area contributed by atoms with Crippen molar-refractivity contribution in [3.8, 4) is 11.1 Å². The number of nitrogens with one attached hydrogen (secondary N) is 1. The Hall–Kier alpha value is -3.50. The van der Waals surface area contributed by atoms with E-state index in [1.54, 1.807) is 12.1 Å². The number of ketones is 1. The number of carbonyl (C=O) groups is 3. The van der Waals surface area contributed by atoms with E-state index in [2.05, 4.69) is 15.5 Å². The first-order valence-corrected chi connectivity index (χ1v) is 15.6. The third-order valence-electron chi connectivity index (χ3n) is 7.60. The largest absolute Gasteiger partial charge is 0.408 e. The van der Waals surface area contributed by atoms with Gasteiger partial charge in [0.15, 0.2) is 0 Å². The molecule has 1 fully saturated rings. The summed E-state index contributed by atoms with van der Waals surface area (Å²) >= 11 is 1.39. The molecule has 0 aliphatic heterocycles. The number of rotatable bonds is 14. The summed E-state index contributed by atoms with van der Waals surface area (Å²) in [7, 11) is 3.96. The Balaban J connectivity index is 1.58. The molecule has 1 unspecified atom stereocenters. The van der Waals surface area contributed by atoms with Gasteiger partial charge in [0.25, 0.3) is 17.0 Å². The van der Waals surface area contributed by atoms with Gasteiger partial charge in [0.1, 0.15) is 11.7 Å². The van der Waals surface area contributed by atoms with Crippen LogP contribution in [0.15, 0.2) is 64.2 Å². The van der Waals surface area contributed by atoms with E-state index >= 15 is 0 Å². The average Bonchev–Trinajstić information content (AvgIpc) is 3.46. The summed E-state index contributed by atoms with van der Waals surface area (Å²) in [5, 5.41) is 11.6. The second-order valence-corrected chi connectivity index (χ2v) is 12.6. The first-order chi connectivity index (χ1) is 20.2. The van der Waals surface area contributed by atoms with Crippen LogP contribution in [0, 0.1) is 5.92 Å². The van der Waals surface area contributed by atoms with Crippen LogP contribution in [0.5, 0.6) is 0 Å². The third kappa shape index (κ3) is 7.86. The predicted octanol–water partition coefficient (Wildman–Crippen LogP) is 5.54. The van der Waals surface area contributed by atoms with E-state index in [1.165, 1.54) is 16.7 Å². The Morgan fingerprint density at radius 3 is 2.29 bits per heavy atom. The second kappa shape index (κ2) is 14.6. The van der Waals surface area contributed by atoms with Gasteiger partial charge in [-0.25, -0.2) is 0 Å². The molecule has 4 rings (SSSR count). The highest BCUT2D eigenvalue weighted by molar-refractivity contribution is 7.99. The van der Waals surface area contributed by atoms with Crippen molar-refractivity contribution in [2.75, 3.05) is 26.4 Å². The maximum absolute atomic E-state index is 13.9. The highest BCUT2D eigenvalue weighted by Crippen LogP contribution is 2.35. The van der Waals surface area contributed by atoms with Gasteiger partial charge in [-0.1, -0.05) is 74.5 Å². The number of nitrogens with zero attached hydrogens (tertiary/aromatic N) is 4. The first kappa shape index (κ1) is 31.4. The van der Waals surface area contributed by atoms with Gasteiger partial charge >= 0.3 is 0 Å². The highest BCUT2D eigenvalue weighted by Gasteiger charge is 2.45. The molecule has 10 heteroatoms. The van der Waals surface area contributed by atoms with Crippen LogP contribution in [0.2, 0.25) is 0 Å². The van der Waals surface area contributed by atoms with Crippen LogP contribution in [0.3, 0.4) is 0 Å². The number of benzene rings is 2. The number of hydrogen-bond donors (Lipinski definition) is 1. The van der Waals surface area contributed by atoms with Crippen molar-refractivity contribution in [2.45, 2.75) is 69.3 Å². The number of thioether (sulfide) groups is 1. The number of carbonyl (C=O) groups excluding carboxylic acids is 3. The van der Waals surface area contributed by atoms with E-state index in [9.17, 15) is 14.4 Å². The van der Waals surface area contributed by atoms with Gasteiger partial charge < -0.3 is 19.5 Å². The number of amides is 2. The van der Waals surface area contributed by atoms with Crippen LogP contribution < -0.4 is 5.32 Å². The maximum atomic E-state index is 13.9. The molecule has 0 spiro atoms. The molecule has 2 aromatic carbocycles. The minimum atomic E-state index is -1.01. The fraction of sp³-hybridized carbons (Fsp3) is 0.469. The lowest BCUT2D eigenvalue weighted by Crippen LogP contribution is -2.65. The molecule has 1 aliphatic carbocycles. The SMILES string of the molecule is CC(C)CC(C(=O)c1nnc(SCCN(C)C)o1)N(C=O)C1(NC(=O)c2ccc(-c3ccccc3)cc2)CCCCC1. The van der Waals surface area contributed by atoms with Crippen molar-refractivity contribution < 1.29 is 18.8 Å². The molecule has 9 nitrogen and oxygen atoms in total. The molecular formula is C32H41N5O4S.